The van der Waals surface area contributed by atoms with Crippen LogP contribution >= 0.6 is 15.9 Å². The van der Waals surface area contributed by atoms with E-state index in [1.807, 2.05) is 0 Å². The van der Waals surface area contributed by atoms with Gasteiger partial charge in [-0.05, 0) is 41.9 Å². The Labute approximate surface area is 134 Å². The lowest BCUT2D eigenvalue weighted by Gasteiger charge is -2.11. The smallest absolute Gasteiger partial charge is 0.282 e. The minimum absolute atomic E-state index is 0.130. The number of aromatic nitrogens is 3. The Kier molecular flexibility index (Phi) is 4.43. The summed E-state index contributed by atoms with van der Waals surface area (Å²) in [4.78, 5) is 12.0. The second kappa shape index (κ2) is 5.84. The summed E-state index contributed by atoms with van der Waals surface area (Å²) in [5.74, 6) is -0.427. The summed E-state index contributed by atoms with van der Waals surface area (Å²) in [7, 11) is -2.02. The maximum absolute atomic E-state index is 14.1. The first-order chi connectivity index (χ1) is 10.2. The fourth-order valence-corrected chi connectivity index (χ4v) is 2.90. The monoisotopic (exact) mass is 392 g/mol. The van der Waals surface area contributed by atoms with Crippen molar-refractivity contribution >= 4 is 31.6 Å². The molecule has 1 aromatic heterocycles. The second-order valence-electron chi connectivity index (χ2n) is 4.59. The molecule has 0 aliphatic carbocycles. The number of nitrogens with one attached hydrogen (secondary N) is 1. The van der Waals surface area contributed by atoms with Gasteiger partial charge in [0.05, 0.1) is 11.4 Å². The predicted molar refractivity (Wildman–Crippen MR) is 84.3 cm³/mol. The van der Waals surface area contributed by atoms with E-state index in [1.165, 1.54) is 24.6 Å². The number of aryl methyl sites for hydroxylation is 1. The lowest BCUT2D eigenvalue weighted by molar-refractivity contribution is 0.600. The van der Waals surface area contributed by atoms with Crippen LogP contribution < -0.4 is 10.4 Å². The molecule has 0 spiro atoms. The number of nitrogens with zero attached hydrogens (tertiary/aromatic N) is 3. The van der Waals surface area contributed by atoms with E-state index in [2.05, 4.69) is 25.8 Å². The van der Waals surface area contributed by atoms with Crippen molar-refractivity contribution in [2.45, 2.75) is 13.8 Å². The fraction of sp³-hybridized carbons (Fsp3) is 0.333. The highest BCUT2D eigenvalue weighted by Crippen LogP contribution is 2.28. The van der Waals surface area contributed by atoms with Gasteiger partial charge in [-0.25, -0.2) is 17.6 Å². The minimum Gasteiger partial charge on any atom is -0.282 e. The summed E-state index contributed by atoms with van der Waals surface area (Å²) >= 11 is 3.09. The zero-order valence-corrected chi connectivity index (χ0v) is 14.5. The van der Waals surface area contributed by atoms with E-state index < -0.39 is 21.5 Å². The Bertz CT molecular complexity index is 889. The number of hydrogen-bond donors (Lipinski definition) is 1. The van der Waals surface area contributed by atoms with Crippen molar-refractivity contribution in [1.29, 1.82) is 0 Å². The highest BCUT2D eigenvalue weighted by Gasteiger charge is 2.17. The van der Waals surface area contributed by atoms with Crippen molar-refractivity contribution in [1.82, 2.24) is 14.3 Å². The van der Waals surface area contributed by atoms with Crippen LogP contribution in [0.4, 0.5) is 10.1 Å². The molecule has 1 aromatic carbocycles. The van der Waals surface area contributed by atoms with Crippen LogP contribution in [0.15, 0.2) is 21.4 Å². The molecule has 0 aliphatic rings. The topological polar surface area (TPSA) is 86.0 Å². The summed E-state index contributed by atoms with van der Waals surface area (Å²) in [6, 6.07) is 2.31. The van der Waals surface area contributed by atoms with Gasteiger partial charge in [-0.1, -0.05) is 0 Å². The number of benzene rings is 1. The van der Waals surface area contributed by atoms with Crippen LogP contribution in [-0.4, -0.2) is 28.5 Å². The summed E-state index contributed by atoms with van der Waals surface area (Å²) < 4.78 is 42.2. The second-order valence-corrected chi connectivity index (χ2v) is 7.45. The van der Waals surface area contributed by atoms with Gasteiger partial charge in [0, 0.05) is 11.5 Å². The van der Waals surface area contributed by atoms with Crippen molar-refractivity contribution in [2.75, 3.05) is 10.5 Å². The van der Waals surface area contributed by atoms with Crippen LogP contribution in [-0.2, 0) is 17.1 Å². The van der Waals surface area contributed by atoms with Gasteiger partial charge in [0.25, 0.3) is 0 Å². The lowest BCUT2D eigenvalue weighted by atomic mass is 10.2. The number of anilines is 1. The molecule has 1 N–H and O–H groups in total. The SMILES string of the molecule is CCS(=O)(=O)Nc1cc(-n2nc(C)n(C)c2=O)c(F)cc1Br. The van der Waals surface area contributed by atoms with Gasteiger partial charge in [0.2, 0.25) is 10.0 Å². The largest absolute Gasteiger partial charge is 0.350 e. The lowest BCUT2D eigenvalue weighted by Crippen LogP contribution is -2.23. The molecule has 120 valence electrons. The molecule has 0 saturated carbocycles. The Hall–Kier alpha value is -1.68. The van der Waals surface area contributed by atoms with Crippen LogP contribution in [0, 0.1) is 12.7 Å². The standard InChI is InChI=1S/C12H14BrFN4O3S/c1-4-22(20,21)16-10-6-11(9(14)5-8(10)13)18-12(19)17(3)7(2)15-18/h5-6,16H,4H2,1-3H3. The van der Waals surface area contributed by atoms with Crippen molar-refractivity contribution in [3.63, 3.8) is 0 Å². The van der Waals surface area contributed by atoms with E-state index in [-0.39, 0.29) is 21.6 Å². The highest BCUT2D eigenvalue weighted by atomic mass is 79.9. The first kappa shape index (κ1) is 16.7. The van der Waals surface area contributed by atoms with Crippen LogP contribution in [0.1, 0.15) is 12.7 Å². The number of rotatable bonds is 4. The van der Waals surface area contributed by atoms with Crippen LogP contribution in [0.25, 0.3) is 5.69 Å². The average molecular weight is 393 g/mol. The molecular weight excluding hydrogens is 379 g/mol. The van der Waals surface area contributed by atoms with Gasteiger partial charge in [0.15, 0.2) is 0 Å². The van der Waals surface area contributed by atoms with Gasteiger partial charge in [-0.3, -0.25) is 9.29 Å². The van der Waals surface area contributed by atoms with E-state index in [4.69, 9.17) is 0 Å². The van der Waals surface area contributed by atoms with Gasteiger partial charge >= 0.3 is 5.69 Å². The quantitative estimate of drug-likeness (QED) is 0.854. The third kappa shape index (κ3) is 3.07. The summed E-state index contributed by atoms with van der Waals surface area (Å²) in [6.45, 7) is 3.09. The van der Waals surface area contributed by atoms with E-state index in [1.54, 1.807) is 6.92 Å². The molecule has 7 nitrogen and oxygen atoms in total. The molecule has 0 saturated heterocycles. The number of sulfonamides is 1. The molecule has 0 aliphatic heterocycles. The highest BCUT2D eigenvalue weighted by molar-refractivity contribution is 9.10. The zero-order chi connectivity index (χ0) is 16.7. The normalized spacial score (nSPS) is 11.7. The Morgan fingerprint density at radius 1 is 1.41 bits per heavy atom. The van der Waals surface area contributed by atoms with Crippen LogP contribution in [0.3, 0.4) is 0 Å². The first-order valence-electron chi connectivity index (χ1n) is 6.29. The molecule has 22 heavy (non-hydrogen) atoms. The predicted octanol–water partition coefficient (Wildman–Crippen LogP) is 1.54. The van der Waals surface area contributed by atoms with Gasteiger partial charge in [-0.15, -0.1) is 0 Å². The van der Waals surface area contributed by atoms with E-state index in [0.29, 0.717) is 5.82 Å². The molecule has 1 heterocycles. The van der Waals surface area contributed by atoms with Crippen LogP contribution in [0.5, 0.6) is 0 Å². The molecule has 2 aromatic rings. The van der Waals surface area contributed by atoms with Crippen molar-refractivity contribution in [2.24, 2.45) is 7.05 Å². The minimum atomic E-state index is -3.54. The van der Waals surface area contributed by atoms with Crippen molar-refractivity contribution in [3.8, 4) is 5.69 Å². The average Bonchev–Trinajstić information content (AvgIpc) is 2.69. The van der Waals surface area contributed by atoms with Gasteiger partial charge in [0.1, 0.15) is 17.3 Å². The van der Waals surface area contributed by atoms with Crippen molar-refractivity contribution in [3.05, 3.63) is 38.7 Å². The first-order valence-corrected chi connectivity index (χ1v) is 8.73. The van der Waals surface area contributed by atoms with E-state index in [9.17, 15) is 17.6 Å². The molecule has 0 bridgehead atoms. The summed E-state index contributed by atoms with van der Waals surface area (Å²) in [5, 5.41) is 3.96. The number of halogens is 2. The Morgan fingerprint density at radius 2 is 2.05 bits per heavy atom. The third-order valence-electron chi connectivity index (χ3n) is 3.11. The summed E-state index contributed by atoms with van der Waals surface area (Å²) in [5.41, 5.74) is -0.526. The van der Waals surface area contributed by atoms with Crippen molar-refractivity contribution < 1.29 is 12.8 Å². The third-order valence-corrected chi connectivity index (χ3v) is 5.06. The molecule has 2 rings (SSSR count). The molecular formula is C12H14BrFN4O3S. The molecule has 10 heteroatoms. The molecule has 0 radical (unpaired) electrons. The molecule has 0 fully saturated rings. The Balaban J connectivity index is 2.63. The van der Waals surface area contributed by atoms with Gasteiger partial charge < -0.3 is 0 Å². The fourth-order valence-electron chi connectivity index (χ4n) is 1.71. The van der Waals surface area contributed by atoms with Crippen LogP contribution in [0.2, 0.25) is 0 Å². The summed E-state index contributed by atoms with van der Waals surface area (Å²) in [6.07, 6.45) is 0. The van der Waals surface area contributed by atoms with Gasteiger partial charge in [-0.2, -0.15) is 9.78 Å². The molecule has 0 atom stereocenters. The Morgan fingerprint density at radius 3 is 2.55 bits per heavy atom. The molecule has 0 unspecified atom stereocenters. The van der Waals surface area contributed by atoms with E-state index >= 15 is 0 Å². The number of hydrogen-bond acceptors (Lipinski definition) is 4. The van der Waals surface area contributed by atoms with E-state index in [0.717, 1.165) is 10.7 Å². The maximum atomic E-state index is 14.1. The zero-order valence-electron chi connectivity index (χ0n) is 12.1. The maximum Gasteiger partial charge on any atom is 0.350 e. The molecule has 0 amide bonds.